The van der Waals surface area contributed by atoms with Gasteiger partial charge in [0.15, 0.2) is 5.76 Å². The fraction of sp³-hybridized carbons (Fsp3) is 0.792. The van der Waals surface area contributed by atoms with Crippen molar-refractivity contribution in [2.45, 2.75) is 63.8 Å². The largest absolute Gasteiger partial charge is 0.468 e. The fourth-order valence-corrected chi connectivity index (χ4v) is 5.58. The first-order valence-electron chi connectivity index (χ1n) is 12.1. The molecular formula is C24H39N3O3. The normalized spacial score (nSPS) is 24.2. The quantitative estimate of drug-likeness (QED) is 0.643. The third kappa shape index (κ3) is 5.58. The Labute approximate surface area is 181 Å². The van der Waals surface area contributed by atoms with Crippen LogP contribution in [0.15, 0.2) is 16.5 Å². The molecule has 0 radical (unpaired) electrons. The minimum atomic E-state index is 0.00768. The van der Waals surface area contributed by atoms with Crippen LogP contribution in [0.1, 0.15) is 68.3 Å². The molecule has 1 atom stereocenters. The number of amides is 1. The fourth-order valence-electron chi connectivity index (χ4n) is 5.58. The number of carbonyl (C=O) groups is 1. The second-order valence-electron chi connectivity index (χ2n) is 9.42. The molecule has 168 valence electrons. The third-order valence-corrected chi connectivity index (χ3v) is 7.29. The van der Waals surface area contributed by atoms with Crippen molar-refractivity contribution < 1.29 is 13.9 Å². The van der Waals surface area contributed by atoms with E-state index in [9.17, 15) is 4.79 Å². The van der Waals surface area contributed by atoms with Gasteiger partial charge in [-0.2, -0.15) is 0 Å². The van der Waals surface area contributed by atoms with E-state index >= 15 is 0 Å². The molecule has 0 unspecified atom stereocenters. The number of carbonyl (C=O) groups excluding carboxylic acids is 1. The van der Waals surface area contributed by atoms with Crippen LogP contribution in [0.2, 0.25) is 0 Å². The molecule has 2 saturated heterocycles. The number of rotatable bonds is 8. The molecule has 3 fully saturated rings. The van der Waals surface area contributed by atoms with E-state index in [1.165, 1.54) is 64.3 Å². The molecule has 3 aliphatic rings. The zero-order valence-electron chi connectivity index (χ0n) is 18.7. The van der Waals surface area contributed by atoms with E-state index in [0.29, 0.717) is 17.6 Å². The zero-order valence-corrected chi connectivity index (χ0v) is 18.7. The minimum Gasteiger partial charge on any atom is -0.468 e. The summed E-state index contributed by atoms with van der Waals surface area (Å²) in [5, 5.41) is 0. The highest BCUT2D eigenvalue weighted by Crippen LogP contribution is 2.28. The van der Waals surface area contributed by atoms with Gasteiger partial charge in [0.1, 0.15) is 0 Å². The van der Waals surface area contributed by atoms with Crippen molar-refractivity contribution in [1.29, 1.82) is 0 Å². The summed E-state index contributed by atoms with van der Waals surface area (Å²) in [6.45, 7) is 7.27. The molecule has 3 heterocycles. The highest BCUT2D eigenvalue weighted by molar-refractivity contribution is 5.91. The minimum absolute atomic E-state index is 0.00768. The van der Waals surface area contributed by atoms with Gasteiger partial charge < -0.3 is 23.9 Å². The van der Waals surface area contributed by atoms with Crippen molar-refractivity contribution in [3.8, 4) is 5.95 Å². The maximum atomic E-state index is 13.3. The van der Waals surface area contributed by atoms with Gasteiger partial charge in [-0.3, -0.25) is 4.79 Å². The Bertz CT molecular complexity index is 664. The number of furan rings is 1. The number of hydrogen-bond donors (Lipinski definition) is 0. The van der Waals surface area contributed by atoms with E-state index in [4.69, 9.17) is 9.15 Å². The van der Waals surface area contributed by atoms with Gasteiger partial charge in [-0.15, -0.1) is 0 Å². The van der Waals surface area contributed by atoms with Crippen LogP contribution < -0.4 is 4.74 Å². The van der Waals surface area contributed by atoms with Crippen LogP contribution in [0.5, 0.6) is 5.95 Å². The predicted molar refractivity (Wildman–Crippen MR) is 118 cm³/mol. The standard InChI is InChI=1S/C24H39N3O3/c1-29-23-12-11-22(30-23)24(28)27(17-16-25-13-5-2-6-14-25)19-20-8-7-15-26(18-20)21-9-3-4-10-21/h11-12,20-21H,2-10,13-19H2,1H3/t20-/m1/s1. The Kier molecular flexibility index (Phi) is 7.72. The van der Waals surface area contributed by atoms with Crippen molar-refractivity contribution in [3.63, 3.8) is 0 Å². The molecule has 1 aromatic rings. The highest BCUT2D eigenvalue weighted by Gasteiger charge is 2.30. The molecule has 0 N–H and O–H groups in total. The number of methoxy groups -OCH3 is 1. The van der Waals surface area contributed by atoms with Crippen molar-refractivity contribution >= 4 is 5.91 Å². The molecule has 4 rings (SSSR count). The lowest BCUT2D eigenvalue weighted by molar-refractivity contribution is 0.0577. The summed E-state index contributed by atoms with van der Waals surface area (Å²) in [5.41, 5.74) is 0. The summed E-state index contributed by atoms with van der Waals surface area (Å²) in [4.78, 5) is 20.6. The number of hydrogen-bond acceptors (Lipinski definition) is 5. The molecule has 6 nitrogen and oxygen atoms in total. The van der Waals surface area contributed by atoms with Crippen molar-refractivity contribution in [2.24, 2.45) is 5.92 Å². The van der Waals surface area contributed by atoms with Crippen molar-refractivity contribution in [3.05, 3.63) is 17.9 Å². The lowest BCUT2D eigenvalue weighted by atomic mass is 9.95. The van der Waals surface area contributed by atoms with Gasteiger partial charge in [-0.1, -0.05) is 19.3 Å². The van der Waals surface area contributed by atoms with Gasteiger partial charge in [0, 0.05) is 38.3 Å². The van der Waals surface area contributed by atoms with Gasteiger partial charge in [0.2, 0.25) is 0 Å². The van der Waals surface area contributed by atoms with E-state index in [-0.39, 0.29) is 5.91 Å². The SMILES string of the molecule is COc1ccc(C(=O)N(CCN2CCCCC2)C[C@@H]2CCCN(C3CCCC3)C2)o1. The van der Waals surface area contributed by atoms with E-state index < -0.39 is 0 Å². The van der Waals surface area contributed by atoms with Gasteiger partial charge in [0.25, 0.3) is 11.9 Å². The van der Waals surface area contributed by atoms with Crippen LogP contribution >= 0.6 is 0 Å². The van der Waals surface area contributed by atoms with Crippen LogP contribution in [0.25, 0.3) is 0 Å². The van der Waals surface area contributed by atoms with Crippen LogP contribution in [0.3, 0.4) is 0 Å². The third-order valence-electron chi connectivity index (χ3n) is 7.29. The zero-order chi connectivity index (χ0) is 20.8. The number of piperidine rings is 2. The Balaban J connectivity index is 1.39. The van der Waals surface area contributed by atoms with Gasteiger partial charge in [-0.25, -0.2) is 0 Å². The number of likely N-dealkylation sites (tertiary alicyclic amines) is 2. The maximum Gasteiger partial charge on any atom is 0.289 e. The number of nitrogens with zero attached hydrogens (tertiary/aromatic N) is 3. The van der Waals surface area contributed by atoms with Gasteiger partial charge >= 0.3 is 0 Å². The molecule has 0 bridgehead atoms. The first kappa shape index (κ1) is 21.7. The molecule has 0 spiro atoms. The van der Waals surface area contributed by atoms with Gasteiger partial charge in [0.05, 0.1) is 7.11 Å². The first-order chi connectivity index (χ1) is 14.7. The molecule has 1 amide bonds. The van der Waals surface area contributed by atoms with E-state index in [2.05, 4.69) is 14.7 Å². The molecule has 6 heteroatoms. The van der Waals surface area contributed by atoms with E-state index in [1.807, 2.05) is 0 Å². The average molecular weight is 418 g/mol. The Morgan fingerprint density at radius 1 is 1.07 bits per heavy atom. The van der Waals surface area contributed by atoms with Crippen molar-refractivity contribution in [2.75, 3.05) is 52.9 Å². The molecule has 1 aromatic heterocycles. The van der Waals surface area contributed by atoms with Crippen LogP contribution in [-0.4, -0.2) is 79.6 Å². The first-order valence-corrected chi connectivity index (χ1v) is 12.1. The Hall–Kier alpha value is -1.53. The van der Waals surface area contributed by atoms with Crippen LogP contribution in [0.4, 0.5) is 0 Å². The molecule has 1 aliphatic carbocycles. The molecule has 30 heavy (non-hydrogen) atoms. The average Bonchev–Trinajstić information content (AvgIpc) is 3.49. The number of ether oxygens (including phenoxy) is 1. The van der Waals surface area contributed by atoms with Crippen molar-refractivity contribution in [1.82, 2.24) is 14.7 Å². The molecule has 2 aliphatic heterocycles. The second-order valence-corrected chi connectivity index (χ2v) is 9.42. The van der Waals surface area contributed by atoms with E-state index in [1.54, 1.807) is 19.2 Å². The lowest BCUT2D eigenvalue weighted by Crippen LogP contribution is -2.47. The highest BCUT2D eigenvalue weighted by atomic mass is 16.6. The summed E-state index contributed by atoms with van der Waals surface area (Å²) in [6.07, 6.45) is 11.9. The molecule has 1 saturated carbocycles. The Morgan fingerprint density at radius 2 is 1.87 bits per heavy atom. The Morgan fingerprint density at radius 3 is 2.60 bits per heavy atom. The summed E-state index contributed by atoms with van der Waals surface area (Å²) < 4.78 is 10.8. The lowest BCUT2D eigenvalue weighted by Gasteiger charge is -2.39. The topological polar surface area (TPSA) is 49.2 Å². The summed E-state index contributed by atoms with van der Waals surface area (Å²) in [7, 11) is 1.57. The summed E-state index contributed by atoms with van der Waals surface area (Å²) >= 11 is 0. The maximum absolute atomic E-state index is 13.3. The molecular weight excluding hydrogens is 378 g/mol. The monoisotopic (exact) mass is 417 g/mol. The van der Waals surface area contributed by atoms with Gasteiger partial charge in [-0.05, 0) is 70.1 Å². The smallest absolute Gasteiger partial charge is 0.289 e. The molecule has 0 aromatic carbocycles. The van der Waals surface area contributed by atoms with E-state index in [0.717, 1.165) is 45.3 Å². The predicted octanol–water partition coefficient (Wildman–Crippen LogP) is 3.87. The van der Waals surface area contributed by atoms with Crippen LogP contribution in [0, 0.1) is 5.92 Å². The van der Waals surface area contributed by atoms with Crippen LogP contribution in [-0.2, 0) is 0 Å². The summed E-state index contributed by atoms with van der Waals surface area (Å²) in [5.74, 6) is 1.36. The second kappa shape index (κ2) is 10.7. The summed E-state index contributed by atoms with van der Waals surface area (Å²) in [6, 6.07) is 4.26.